The van der Waals surface area contributed by atoms with Crippen molar-refractivity contribution >= 4 is 24.8 Å². The summed E-state index contributed by atoms with van der Waals surface area (Å²) >= 11 is 0. The van der Waals surface area contributed by atoms with Crippen LogP contribution in [-0.2, 0) is 11.5 Å². The van der Waals surface area contributed by atoms with Crippen LogP contribution in [0, 0.1) is 0 Å². The lowest BCUT2D eigenvalue weighted by atomic mass is 10.2. The molecule has 134 valence electrons. The Labute approximate surface area is 154 Å². The second kappa shape index (κ2) is 6.70. The minimum atomic E-state index is -1.07. The van der Waals surface area contributed by atoms with Crippen molar-refractivity contribution in [3.63, 3.8) is 0 Å². The molecule has 4 aromatic rings. The minimum Gasteiger partial charge on any atom is -0.361 e. The minimum absolute atomic E-state index is 0.530. The number of rotatable bonds is 6. The molecule has 4 rings (SSSR count). The molecule has 0 aliphatic carbocycles. The van der Waals surface area contributed by atoms with Gasteiger partial charge in [0.25, 0.3) is 0 Å². The van der Waals surface area contributed by atoms with Crippen LogP contribution >= 0.6 is 0 Å². The smallest absolute Gasteiger partial charge is 0.158 e. The summed E-state index contributed by atoms with van der Waals surface area (Å²) in [7, 11) is -1.07. The maximum absolute atomic E-state index is 5.90. The Morgan fingerprint density at radius 3 is 2.54 bits per heavy atom. The first-order chi connectivity index (χ1) is 12.5. The molecule has 3 heterocycles. The SMILES string of the molecule is C[Si](C)(C)CCOCn1ccc2c1ncc1cnc(-c3ccccc3)n12. The Morgan fingerprint density at radius 1 is 1.00 bits per heavy atom. The molecule has 0 bridgehead atoms. The van der Waals surface area contributed by atoms with Crippen molar-refractivity contribution in [2.45, 2.75) is 32.4 Å². The van der Waals surface area contributed by atoms with Crippen LogP contribution < -0.4 is 0 Å². The maximum atomic E-state index is 5.90. The fourth-order valence-electron chi connectivity index (χ4n) is 3.04. The van der Waals surface area contributed by atoms with Crippen LogP contribution in [0.1, 0.15) is 0 Å². The summed E-state index contributed by atoms with van der Waals surface area (Å²) < 4.78 is 10.1. The number of hydrogen-bond acceptors (Lipinski definition) is 3. The molecule has 0 saturated carbocycles. The van der Waals surface area contributed by atoms with Crippen molar-refractivity contribution in [2.75, 3.05) is 6.61 Å². The van der Waals surface area contributed by atoms with Gasteiger partial charge in [-0.3, -0.25) is 4.40 Å². The van der Waals surface area contributed by atoms with Gasteiger partial charge in [0.1, 0.15) is 12.6 Å². The summed E-state index contributed by atoms with van der Waals surface area (Å²) in [5.41, 5.74) is 4.06. The van der Waals surface area contributed by atoms with Crippen LogP contribution in [0.25, 0.3) is 28.1 Å². The highest BCUT2D eigenvalue weighted by molar-refractivity contribution is 6.76. The van der Waals surface area contributed by atoms with E-state index in [0.717, 1.165) is 34.7 Å². The first-order valence-corrected chi connectivity index (χ1v) is 12.7. The summed E-state index contributed by atoms with van der Waals surface area (Å²) in [6.45, 7) is 8.43. The molecule has 3 aromatic heterocycles. The number of imidazole rings is 1. The molecule has 5 nitrogen and oxygen atoms in total. The third kappa shape index (κ3) is 3.30. The Bertz CT molecular complexity index is 1030. The average Bonchev–Trinajstić information content (AvgIpc) is 3.22. The van der Waals surface area contributed by atoms with Crippen molar-refractivity contribution in [2.24, 2.45) is 0 Å². The average molecular weight is 365 g/mol. The van der Waals surface area contributed by atoms with Gasteiger partial charge in [0.2, 0.25) is 0 Å². The number of nitrogens with zero attached hydrogens (tertiary/aromatic N) is 4. The lowest BCUT2D eigenvalue weighted by Gasteiger charge is -2.15. The fourth-order valence-corrected chi connectivity index (χ4v) is 3.80. The Morgan fingerprint density at radius 2 is 1.77 bits per heavy atom. The molecule has 0 radical (unpaired) electrons. The van der Waals surface area contributed by atoms with E-state index in [9.17, 15) is 0 Å². The van der Waals surface area contributed by atoms with Gasteiger partial charge in [-0.15, -0.1) is 0 Å². The summed E-state index contributed by atoms with van der Waals surface area (Å²) in [5, 5.41) is 0. The number of fused-ring (bicyclic) bond motifs is 3. The molecule has 1 aromatic carbocycles. The lowest BCUT2D eigenvalue weighted by Crippen LogP contribution is -2.22. The van der Waals surface area contributed by atoms with E-state index < -0.39 is 8.07 Å². The zero-order valence-corrected chi connectivity index (χ0v) is 16.5. The number of aromatic nitrogens is 4. The van der Waals surface area contributed by atoms with Gasteiger partial charge in [-0.05, 0) is 12.1 Å². The van der Waals surface area contributed by atoms with Gasteiger partial charge in [-0.25, -0.2) is 9.97 Å². The Balaban J connectivity index is 1.67. The summed E-state index contributed by atoms with van der Waals surface area (Å²) in [4.78, 5) is 9.25. The highest BCUT2D eigenvalue weighted by Crippen LogP contribution is 2.24. The van der Waals surface area contributed by atoms with Crippen molar-refractivity contribution in [3.05, 3.63) is 55.0 Å². The van der Waals surface area contributed by atoms with Gasteiger partial charge < -0.3 is 9.30 Å². The van der Waals surface area contributed by atoms with Gasteiger partial charge in [-0.2, -0.15) is 0 Å². The third-order valence-electron chi connectivity index (χ3n) is 4.52. The molecule has 0 amide bonds. The monoisotopic (exact) mass is 364 g/mol. The van der Waals surface area contributed by atoms with Gasteiger partial charge in [0.05, 0.1) is 23.4 Å². The quantitative estimate of drug-likeness (QED) is 0.369. The molecule has 0 saturated heterocycles. The molecule has 26 heavy (non-hydrogen) atoms. The standard InChI is InChI=1S/C20H24N4OSi/c1-26(2,3)12-11-25-15-23-10-9-18-20(23)22-14-17-13-21-19(24(17)18)16-7-5-4-6-8-16/h4-10,13-14H,11-12,15H2,1-3H3. The maximum Gasteiger partial charge on any atom is 0.158 e. The Hall–Kier alpha value is -2.44. The summed E-state index contributed by atoms with van der Waals surface area (Å²) in [6, 6.07) is 13.5. The summed E-state index contributed by atoms with van der Waals surface area (Å²) in [6.07, 6.45) is 5.79. The molecular formula is C20H24N4OSi. The molecule has 0 unspecified atom stereocenters. The highest BCUT2D eigenvalue weighted by Gasteiger charge is 2.14. The topological polar surface area (TPSA) is 44.3 Å². The molecule has 0 atom stereocenters. The van der Waals surface area contributed by atoms with Gasteiger partial charge in [0.15, 0.2) is 5.65 Å². The van der Waals surface area contributed by atoms with E-state index in [1.165, 1.54) is 6.04 Å². The van der Waals surface area contributed by atoms with Crippen molar-refractivity contribution in [3.8, 4) is 11.4 Å². The second-order valence-electron chi connectivity index (χ2n) is 7.81. The van der Waals surface area contributed by atoms with E-state index in [1.807, 2.05) is 36.8 Å². The zero-order valence-electron chi connectivity index (χ0n) is 15.5. The van der Waals surface area contributed by atoms with Crippen LogP contribution in [0.4, 0.5) is 0 Å². The number of ether oxygens (including phenoxy) is 1. The van der Waals surface area contributed by atoms with Crippen LogP contribution in [0.2, 0.25) is 25.7 Å². The molecule has 0 N–H and O–H groups in total. The second-order valence-corrected chi connectivity index (χ2v) is 13.4. The zero-order chi connectivity index (χ0) is 18.1. The normalized spacial score (nSPS) is 12.3. The van der Waals surface area contributed by atoms with Crippen molar-refractivity contribution < 1.29 is 4.74 Å². The third-order valence-corrected chi connectivity index (χ3v) is 6.23. The largest absolute Gasteiger partial charge is 0.361 e. The van der Waals surface area contributed by atoms with Crippen LogP contribution in [-0.4, -0.2) is 33.6 Å². The van der Waals surface area contributed by atoms with Crippen LogP contribution in [0.5, 0.6) is 0 Å². The molecule has 6 heteroatoms. The lowest BCUT2D eigenvalue weighted by molar-refractivity contribution is 0.0899. The first kappa shape index (κ1) is 17.0. The molecule has 0 fully saturated rings. The van der Waals surface area contributed by atoms with Gasteiger partial charge >= 0.3 is 0 Å². The van der Waals surface area contributed by atoms with Gasteiger partial charge in [0, 0.05) is 26.4 Å². The fraction of sp³-hybridized carbons (Fsp3) is 0.300. The Kier molecular flexibility index (Phi) is 4.38. The number of hydrogen-bond donors (Lipinski definition) is 0. The van der Waals surface area contributed by atoms with E-state index >= 15 is 0 Å². The molecule has 0 aliphatic heterocycles. The van der Waals surface area contributed by atoms with E-state index in [4.69, 9.17) is 4.74 Å². The van der Waals surface area contributed by atoms with Crippen molar-refractivity contribution in [1.82, 2.24) is 18.9 Å². The van der Waals surface area contributed by atoms with Crippen LogP contribution in [0.3, 0.4) is 0 Å². The molecule has 0 aliphatic rings. The first-order valence-electron chi connectivity index (χ1n) is 8.97. The predicted molar refractivity (Wildman–Crippen MR) is 108 cm³/mol. The predicted octanol–water partition coefficient (Wildman–Crippen LogP) is 4.66. The van der Waals surface area contributed by atoms with Gasteiger partial charge in [-0.1, -0.05) is 50.0 Å². The van der Waals surface area contributed by atoms with Crippen LogP contribution in [0.15, 0.2) is 55.0 Å². The summed E-state index contributed by atoms with van der Waals surface area (Å²) in [5.74, 6) is 0.936. The van der Waals surface area contributed by atoms with E-state index in [2.05, 4.69) is 56.8 Å². The molecule has 0 spiro atoms. The van der Waals surface area contributed by atoms with Crippen molar-refractivity contribution in [1.29, 1.82) is 0 Å². The van der Waals surface area contributed by atoms with E-state index in [0.29, 0.717) is 6.73 Å². The molecular weight excluding hydrogens is 340 g/mol. The van der Waals surface area contributed by atoms with E-state index in [-0.39, 0.29) is 0 Å². The highest BCUT2D eigenvalue weighted by atomic mass is 28.3. The van der Waals surface area contributed by atoms with E-state index in [1.54, 1.807) is 0 Å². The number of benzene rings is 1.